The van der Waals surface area contributed by atoms with Crippen LogP contribution >= 0.6 is 0 Å². The van der Waals surface area contributed by atoms with E-state index in [9.17, 15) is 22.8 Å². The van der Waals surface area contributed by atoms with E-state index in [1.807, 2.05) is 30.3 Å². The summed E-state index contributed by atoms with van der Waals surface area (Å²) in [7, 11) is 0. The Morgan fingerprint density at radius 3 is 2.13 bits per heavy atom. The third kappa shape index (κ3) is 22.2. The van der Waals surface area contributed by atoms with Crippen LogP contribution in [0.4, 0.5) is 13.2 Å². The van der Waals surface area contributed by atoms with E-state index in [0.29, 0.717) is 19.5 Å². The van der Waals surface area contributed by atoms with E-state index >= 15 is 0 Å². The molecule has 0 aliphatic rings. The number of carbonyl (C=O) groups is 2. The Morgan fingerprint density at radius 1 is 1.10 bits per heavy atom. The molecule has 0 heterocycles. The molecule has 1 unspecified atom stereocenters. The number of nitrogens with one attached hydrogen (secondary N) is 2. The summed E-state index contributed by atoms with van der Waals surface area (Å²) in [6, 6.07) is 8.76. The number of amides is 2. The molecule has 1 rings (SSSR count). The zero-order chi connectivity index (χ0) is 23.3. The number of benzene rings is 1. The maximum atomic E-state index is 12.4. The highest BCUT2D eigenvalue weighted by Crippen LogP contribution is 2.24. The number of rotatable bonds is 12. The normalized spacial score (nSPS) is 11.3. The van der Waals surface area contributed by atoms with Crippen molar-refractivity contribution in [1.82, 2.24) is 10.6 Å². The predicted molar refractivity (Wildman–Crippen MR) is 116 cm³/mol. The first-order valence-electron chi connectivity index (χ1n) is 10.5. The first-order chi connectivity index (χ1) is 14.2. The first-order valence-corrected chi connectivity index (χ1v) is 10.5. The largest absolute Gasteiger partial charge is 0.403 e. The van der Waals surface area contributed by atoms with Gasteiger partial charge >= 0.3 is 6.18 Å². The Kier molecular flexibility index (Phi) is 20.3. The van der Waals surface area contributed by atoms with Crippen LogP contribution in [0.1, 0.15) is 64.9 Å². The molecule has 0 spiro atoms. The van der Waals surface area contributed by atoms with Gasteiger partial charge in [0.15, 0.2) is 0 Å². The molecule has 8 heteroatoms. The van der Waals surface area contributed by atoms with Crippen molar-refractivity contribution in [3.05, 3.63) is 35.9 Å². The maximum Gasteiger partial charge on any atom is 0.403 e. The average molecular weight is 434 g/mol. The second-order valence-electron chi connectivity index (χ2n) is 6.77. The molecule has 0 fully saturated rings. The van der Waals surface area contributed by atoms with Crippen LogP contribution in [-0.2, 0) is 16.0 Å². The van der Waals surface area contributed by atoms with Gasteiger partial charge in [-0.25, -0.2) is 0 Å². The van der Waals surface area contributed by atoms with Gasteiger partial charge < -0.3 is 16.4 Å². The van der Waals surface area contributed by atoms with E-state index < -0.39 is 12.2 Å². The monoisotopic (exact) mass is 433 g/mol. The van der Waals surface area contributed by atoms with Gasteiger partial charge in [-0.2, -0.15) is 13.2 Å². The molecule has 0 saturated heterocycles. The first kappa shape index (κ1) is 30.1. The van der Waals surface area contributed by atoms with E-state index in [1.54, 1.807) is 6.92 Å². The molecule has 0 aliphatic heterocycles. The molecule has 1 aromatic rings. The lowest BCUT2D eigenvalue weighted by atomic mass is 10.1. The standard InChI is InChI=1S/C11H22F3N.C9H11NO.C2H5NO/c1-3-5-6-7-8-9-10(15-4-2)11(12,13)14;11-8-10-7-6-9-4-2-1-3-5-9;1-2(3)4/h10,15H,3-9H2,1-2H3;1-5,8H,6-7H2,(H,10,11);1H3,(H2,3,4). The minimum atomic E-state index is -4.10. The molecule has 1 aromatic carbocycles. The van der Waals surface area contributed by atoms with Gasteiger partial charge in [0.05, 0.1) is 0 Å². The lowest BCUT2D eigenvalue weighted by molar-refractivity contribution is -0.157. The molecule has 4 N–H and O–H groups in total. The van der Waals surface area contributed by atoms with Crippen LogP contribution in [0.15, 0.2) is 30.3 Å². The fourth-order valence-electron chi connectivity index (χ4n) is 2.50. The summed E-state index contributed by atoms with van der Waals surface area (Å²) in [5.74, 6) is -0.333. The third-order valence-corrected chi connectivity index (χ3v) is 3.93. The Labute approximate surface area is 179 Å². The molecule has 30 heavy (non-hydrogen) atoms. The van der Waals surface area contributed by atoms with Gasteiger partial charge in [-0.15, -0.1) is 0 Å². The Morgan fingerprint density at radius 2 is 1.67 bits per heavy atom. The molecule has 0 radical (unpaired) electrons. The van der Waals surface area contributed by atoms with Crippen molar-refractivity contribution in [2.75, 3.05) is 13.1 Å². The maximum absolute atomic E-state index is 12.4. The number of primary amides is 1. The molecule has 174 valence electrons. The molecule has 0 saturated carbocycles. The second-order valence-corrected chi connectivity index (χ2v) is 6.77. The molecule has 2 amide bonds. The smallest absolute Gasteiger partial charge is 0.370 e. The summed E-state index contributed by atoms with van der Waals surface area (Å²) in [4.78, 5) is 19.1. The van der Waals surface area contributed by atoms with Gasteiger partial charge in [-0.3, -0.25) is 9.59 Å². The molecular formula is C22H38F3N3O2. The zero-order valence-corrected chi connectivity index (χ0v) is 18.4. The van der Waals surface area contributed by atoms with Crippen molar-refractivity contribution in [1.29, 1.82) is 0 Å². The topological polar surface area (TPSA) is 84.2 Å². The van der Waals surface area contributed by atoms with Crippen LogP contribution in [0.5, 0.6) is 0 Å². The fourth-order valence-corrected chi connectivity index (χ4v) is 2.50. The van der Waals surface area contributed by atoms with Crippen molar-refractivity contribution in [2.45, 2.75) is 77.9 Å². The van der Waals surface area contributed by atoms with Crippen LogP contribution in [0.2, 0.25) is 0 Å². The molecule has 1 atom stereocenters. The van der Waals surface area contributed by atoms with Crippen molar-refractivity contribution in [3.63, 3.8) is 0 Å². The van der Waals surface area contributed by atoms with Crippen molar-refractivity contribution in [3.8, 4) is 0 Å². The van der Waals surface area contributed by atoms with Crippen molar-refractivity contribution < 1.29 is 22.8 Å². The summed E-state index contributed by atoms with van der Waals surface area (Å²) in [6.45, 7) is 6.19. The van der Waals surface area contributed by atoms with Gasteiger partial charge in [0.25, 0.3) is 0 Å². The number of hydrogen-bond acceptors (Lipinski definition) is 3. The van der Waals surface area contributed by atoms with E-state index in [0.717, 1.165) is 38.5 Å². The molecule has 0 aromatic heterocycles. The van der Waals surface area contributed by atoms with E-state index in [1.165, 1.54) is 12.5 Å². The van der Waals surface area contributed by atoms with E-state index in [4.69, 9.17) is 0 Å². The molecular weight excluding hydrogens is 395 g/mol. The SMILES string of the molecule is CC(N)=O.CCCCCCCC(NCC)C(F)(F)F.O=CNCCc1ccccc1. The fraction of sp³-hybridized carbons (Fsp3) is 0.636. The van der Waals surface area contributed by atoms with Crippen LogP contribution in [0.25, 0.3) is 0 Å². The summed E-state index contributed by atoms with van der Waals surface area (Å²) in [6.07, 6.45) is 2.61. The quantitative estimate of drug-likeness (QED) is 0.338. The van der Waals surface area contributed by atoms with Gasteiger partial charge in [-0.1, -0.05) is 76.3 Å². The van der Waals surface area contributed by atoms with Gasteiger partial charge in [-0.05, 0) is 24.9 Å². The molecule has 0 aliphatic carbocycles. The summed E-state index contributed by atoms with van der Waals surface area (Å²) >= 11 is 0. The lowest BCUT2D eigenvalue weighted by Gasteiger charge is -2.20. The Balaban J connectivity index is 0. The van der Waals surface area contributed by atoms with Gasteiger partial charge in [0.1, 0.15) is 6.04 Å². The van der Waals surface area contributed by atoms with Gasteiger partial charge in [0.2, 0.25) is 12.3 Å². The highest BCUT2D eigenvalue weighted by molar-refractivity contribution is 5.70. The predicted octanol–water partition coefficient (Wildman–Crippen LogP) is 4.35. The van der Waals surface area contributed by atoms with Crippen molar-refractivity contribution >= 4 is 12.3 Å². The summed E-state index contributed by atoms with van der Waals surface area (Å²) in [5.41, 5.74) is 5.72. The van der Waals surface area contributed by atoms with Crippen LogP contribution in [0, 0.1) is 0 Å². The minimum absolute atomic E-state index is 0.209. The number of hydrogen-bond donors (Lipinski definition) is 3. The zero-order valence-electron chi connectivity index (χ0n) is 18.4. The molecule has 0 bridgehead atoms. The highest BCUT2D eigenvalue weighted by atomic mass is 19.4. The van der Waals surface area contributed by atoms with Crippen molar-refractivity contribution in [2.24, 2.45) is 5.73 Å². The number of carbonyl (C=O) groups excluding carboxylic acids is 2. The number of halogens is 3. The Bertz CT molecular complexity index is 522. The van der Waals surface area contributed by atoms with Crippen LogP contribution < -0.4 is 16.4 Å². The van der Waals surface area contributed by atoms with E-state index in [2.05, 4.69) is 23.3 Å². The summed E-state index contributed by atoms with van der Waals surface area (Å²) in [5, 5.41) is 5.10. The lowest BCUT2D eigenvalue weighted by Crippen LogP contribution is -2.42. The minimum Gasteiger partial charge on any atom is -0.370 e. The summed E-state index contributed by atoms with van der Waals surface area (Å²) < 4.78 is 37.3. The molecule has 5 nitrogen and oxygen atoms in total. The number of nitrogens with two attached hydrogens (primary N) is 1. The average Bonchev–Trinajstić information content (AvgIpc) is 2.67. The van der Waals surface area contributed by atoms with Gasteiger partial charge in [0, 0.05) is 13.5 Å². The third-order valence-electron chi connectivity index (χ3n) is 3.93. The number of unbranched alkanes of at least 4 members (excludes halogenated alkanes) is 4. The number of alkyl halides is 3. The second kappa shape index (κ2) is 20.2. The van der Waals surface area contributed by atoms with Crippen LogP contribution in [0.3, 0.4) is 0 Å². The van der Waals surface area contributed by atoms with E-state index in [-0.39, 0.29) is 12.3 Å². The van der Waals surface area contributed by atoms with Crippen LogP contribution in [-0.4, -0.2) is 37.6 Å². The Hall–Kier alpha value is -2.09. The highest BCUT2D eigenvalue weighted by Gasteiger charge is 2.38.